The molecule has 106 valence electrons. The highest BCUT2D eigenvalue weighted by Crippen LogP contribution is 2.30. The molecule has 0 fully saturated rings. The second kappa shape index (κ2) is 5.29. The van der Waals surface area contributed by atoms with E-state index in [1.54, 1.807) is 0 Å². The highest BCUT2D eigenvalue weighted by Gasteiger charge is 2.17. The lowest BCUT2D eigenvalue weighted by Crippen LogP contribution is -1.96. The molecule has 0 spiro atoms. The zero-order valence-electron chi connectivity index (χ0n) is 10.7. The van der Waals surface area contributed by atoms with E-state index in [0.717, 1.165) is 10.2 Å². The number of hydrogen-bond donors (Lipinski definition) is 1. The van der Waals surface area contributed by atoms with E-state index in [2.05, 4.69) is 21.0 Å². The van der Waals surface area contributed by atoms with Gasteiger partial charge in [-0.25, -0.2) is 13.5 Å². The number of halogens is 3. The number of anilines is 1. The van der Waals surface area contributed by atoms with E-state index >= 15 is 0 Å². The van der Waals surface area contributed by atoms with Gasteiger partial charge in [-0.1, -0.05) is 28.1 Å². The second-order valence-corrected chi connectivity index (χ2v) is 5.37. The summed E-state index contributed by atoms with van der Waals surface area (Å²) >= 11 is 3.36. The third-order valence-electron chi connectivity index (χ3n) is 3.01. The van der Waals surface area contributed by atoms with Crippen LogP contribution in [0.25, 0.3) is 16.9 Å². The van der Waals surface area contributed by atoms with Crippen LogP contribution in [0.2, 0.25) is 0 Å². The fraction of sp³-hybridized carbons (Fsp3) is 0. The lowest BCUT2D eigenvalue weighted by atomic mass is 10.1. The molecule has 1 aromatic heterocycles. The predicted molar refractivity (Wildman–Crippen MR) is 81.0 cm³/mol. The molecular formula is C15H10BrF2N3. The monoisotopic (exact) mass is 349 g/mol. The highest BCUT2D eigenvalue weighted by molar-refractivity contribution is 9.10. The number of rotatable bonds is 2. The molecule has 6 heteroatoms. The van der Waals surface area contributed by atoms with E-state index in [0.29, 0.717) is 0 Å². The van der Waals surface area contributed by atoms with Gasteiger partial charge >= 0.3 is 0 Å². The van der Waals surface area contributed by atoms with Gasteiger partial charge in [0.1, 0.15) is 17.3 Å². The third-order valence-corrected chi connectivity index (χ3v) is 3.51. The van der Waals surface area contributed by atoms with Crippen molar-refractivity contribution in [3.63, 3.8) is 0 Å². The molecule has 0 amide bonds. The Bertz CT molecular complexity index is 794. The normalized spacial score (nSPS) is 10.8. The first kappa shape index (κ1) is 13.8. The zero-order chi connectivity index (χ0) is 15.0. The van der Waals surface area contributed by atoms with Crippen molar-refractivity contribution >= 4 is 21.6 Å². The van der Waals surface area contributed by atoms with E-state index in [4.69, 9.17) is 5.73 Å². The van der Waals surface area contributed by atoms with Crippen molar-refractivity contribution in [1.29, 1.82) is 0 Å². The van der Waals surface area contributed by atoms with E-state index < -0.39 is 11.6 Å². The summed E-state index contributed by atoms with van der Waals surface area (Å²) < 4.78 is 30.0. The average molecular weight is 350 g/mol. The van der Waals surface area contributed by atoms with Crippen LogP contribution in [0.5, 0.6) is 0 Å². The van der Waals surface area contributed by atoms with E-state index in [9.17, 15) is 8.78 Å². The van der Waals surface area contributed by atoms with Crippen LogP contribution in [0.4, 0.5) is 14.5 Å². The number of aromatic nitrogens is 2. The van der Waals surface area contributed by atoms with Crippen LogP contribution in [0.15, 0.2) is 53.1 Å². The number of nitrogens with two attached hydrogens (primary N) is 1. The molecule has 0 aliphatic rings. The van der Waals surface area contributed by atoms with Gasteiger partial charge in [0.05, 0.1) is 23.1 Å². The maximum Gasteiger partial charge on any atom is 0.135 e. The van der Waals surface area contributed by atoms with Gasteiger partial charge in [-0.05, 0) is 30.3 Å². The Balaban J connectivity index is 2.15. The summed E-state index contributed by atoms with van der Waals surface area (Å²) in [4.78, 5) is 0. The van der Waals surface area contributed by atoms with Gasteiger partial charge in [0.25, 0.3) is 0 Å². The molecule has 3 rings (SSSR count). The van der Waals surface area contributed by atoms with Gasteiger partial charge in [-0.3, -0.25) is 0 Å². The van der Waals surface area contributed by atoms with Crippen LogP contribution in [-0.2, 0) is 0 Å². The predicted octanol–water partition coefficient (Wildman–Crippen LogP) is 4.16. The molecule has 0 saturated carbocycles. The Labute approximate surface area is 128 Å². The lowest BCUT2D eigenvalue weighted by molar-refractivity contribution is 0.588. The van der Waals surface area contributed by atoms with Gasteiger partial charge in [0, 0.05) is 4.47 Å². The SMILES string of the molecule is Nc1cn(-c2cccc(Br)c2)nc1-c1c(F)cccc1F. The van der Waals surface area contributed by atoms with Crippen molar-refractivity contribution in [3.05, 3.63) is 64.8 Å². The number of hydrogen-bond acceptors (Lipinski definition) is 2. The van der Waals surface area contributed by atoms with Gasteiger partial charge < -0.3 is 5.73 Å². The van der Waals surface area contributed by atoms with E-state index in [1.807, 2.05) is 24.3 Å². The van der Waals surface area contributed by atoms with Crippen molar-refractivity contribution in [2.75, 3.05) is 5.73 Å². The maximum absolute atomic E-state index is 13.8. The van der Waals surface area contributed by atoms with Crippen molar-refractivity contribution in [2.24, 2.45) is 0 Å². The molecule has 2 aromatic carbocycles. The van der Waals surface area contributed by atoms with Gasteiger partial charge in [-0.2, -0.15) is 5.10 Å². The number of benzene rings is 2. The Morgan fingerprint density at radius 2 is 1.71 bits per heavy atom. The molecule has 0 aliphatic heterocycles. The zero-order valence-corrected chi connectivity index (χ0v) is 12.3. The van der Waals surface area contributed by atoms with Gasteiger partial charge in [-0.15, -0.1) is 0 Å². The first-order chi connectivity index (χ1) is 10.1. The Morgan fingerprint density at radius 1 is 1.05 bits per heavy atom. The van der Waals surface area contributed by atoms with E-state index in [1.165, 1.54) is 29.1 Å². The molecule has 0 aliphatic carbocycles. The summed E-state index contributed by atoms with van der Waals surface area (Å²) in [6, 6.07) is 11.0. The Hall–Kier alpha value is -2.21. The molecule has 3 nitrogen and oxygen atoms in total. The second-order valence-electron chi connectivity index (χ2n) is 4.45. The van der Waals surface area contributed by atoms with E-state index in [-0.39, 0.29) is 16.9 Å². The van der Waals surface area contributed by atoms with Crippen LogP contribution < -0.4 is 5.73 Å². The molecule has 2 N–H and O–H groups in total. The maximum atomic E-state index is 13.8. The molecule has 0 radical (unpaired) electrons. The summed E-state index contributed by atoms with van der Waals surface area (Å²) in [5, 5.41) is 4.20. The van der Waals surface area contributed by atoms with Crippen molar-refractivity contribution < 1.29 is 8.78 Å². The van der Waals surface area contributed by atoms with Crippen LogP contribution in [-0.4, -0.2) is 9.78 Å². The Kier molecular flexibility index (Phi) is 3.47. The number of nitrogen functional groups attached to an aromatic ring is 1. The van der Waals surface area contributed by atoms with Crippen molar-refractivity contribution in [1.82, 2.24) is 9.78 Å². The summed E-state index contributed by atoms with van der Waals surface area (Å²) in [7, 11) is 0. The topological polar surface area (TPSA) is 43.8 Å². The summed E-state index contributed by atoms with van der Waals surface area (Å²) in [6.45, 7) is 0. The van der Waals surface area contributed by atoms with Crippen LogP contribution >= 0.6 is 15.9 Å². The van der Waals surface area contributed by atoms with Crippen molar-refractivity contribution in [2.45, 2.75) is 0 Å². The number of nitrogens with zero attached hydrogens (tertiary/aromatic N) is 2. The average Bonchev–Trinajstić information content (AvgIpc) is 2.81. The quantitative estimate of drug-likeness (QED) is 0.754. The molecule has 0 bridgehead atoms. The minimum atomic E-state index is -0.693. The fourth-order valence-electron chi connectivity index (χ4n) is 2.06. The lowest BCUT2D eigenvalue weighted by Gasteiger charge is -2.03. The standard InChI is InChI=1S/C15H10BrF2N3/c16-9-3-1-4-10(7-9)21-8-13(19)15(20-21)14-11(17)5-2-6-12(14)18/h1-8H,19H2. The molecule has 0 unspecified atom stereocenters. The van der Waals surface area contributed by atoms with Crippen molar-refractivity contribution in [3.8, 4) is 16.9 Å². The molecule has 21 heavy (non-hydrogen) atoms. The minimum Gasteiger partial charge on any atom is -0.396 e. The molecule has 0 saturated heterocycles. The Morgan fingerprint density at radius 3 is 2.38 bits per heavy atom. The third kappa shape index (κ3) is 2.54. The van der Waals surface area contributed by atoms with Gasteiger partial charge in [0.2, 0.25) is 0 Å². The first-order valence-electron chi connectivity index (χ1n) is 6.12. The highest BCUT2D eigenvalue weighted by atomic mass is 79.9. The van der Waals surface area contributed by atoms with Crippen LogP contribution in [0.1, 0.15) is 0 Å². The summed E-state index contributed by atoms with van der Waals surface area (Å²) in [5.74, 6) is -1.39. The largest absolute Gasteiger partial charge is 0.396 e. The molecule has 1 heterocycles. The smallest absolute Gasteiger partial charge is 0.135 e. The first-order valence-corrected chi connectivity index (χ1v) is 6.91. The summed E-state index contributed by atoms with van der Waals surface area (Å²) in [6.07, 6.45) is 1.53. The molecule has 3 aromatic rings. The summed E-state index contributed by atoms with van der Waals surface area (Å²) in [5.41, 5.74) is 6.67. The van der Waals surface area contributed by atoms with Crippen LogP contribution in [0.3, 0.4) is 0 Å². The fourth-order valence-corrected chi connectivity index (χ4v) is 2.44. The molecule has 0 atom stereocenters. The van der Waals surface area contributed by atoms with Crippen LogP contribution in [0, 0.1) is 11.6 Å². The van der Waals surface area contributed by atoms with Gasteiger partial charge in [0.15, 0.2) is 0 Å². The minimum absolute atomic E-state index is 0.0885. The molecular weight excluding hydrogens is 340 g/mol.